The van der Waals surface area contributed by atoms with Gasteiger partial charge in [-0.2, -0.15) is 4.39 Å². The SMILES string of the molecule is Cc1ncsc1CCOCc1ccc([N+](=O)[O-])c(F)c1. The zero-order valence-electron chi connectivity index (χ0n) is 10.8. The lowest BCUT2D eigenvalue weighted by molar-refractivity contribution is -0.387. The van der Waals surface area contributed by atoms with Gasteiger partial charge in [-0.25, -0.2) is 4.98 Å². The van der Waals surface area contributed by atoms with Crippen LogP contribution in [0.1, 0.15) is 16.1 Å². The molecule has 0 spiro atoms. The molecule has 0 fully saturated rings. The van der Waals surface area contributed by atoms with E-state index < -0.39 is 16.4 Å². The molecule has 0 aliphatic heterocycles. The third kappa shape index (κ3) is 3.58. The van der Waals surface area contributed by atoms with Gasteiger partial charge in [-0.05, 0) is 24.6 Å². The van der Waals surface area contributed by atoms with E-state index in [2.05, 4.69) is 4.98 Å². The van der Waals surface area contributed by atoms with E-state index in [9.17, 15) is 14.5 Å². The highest BCUT2D eigenvalue weighted by atomic mass is 32.1. The van der Waals surface area contributed by atoms with E-state index in [1.54, 1.807) is 16.8 Å². The topological polar surface area (TPSA) is 65.3 Å². The van der Waals surface area contributed by atoms with Crippen molar-refractivity contribution in [3.8, 4) is 0 Å². The Labute approximate surface area is 119 Å². The van der Waals surface area contributed by atoms with Crippen LogP contribution in [-0.4, -0.2) is 16.5 Å². The Kier molecular flexibility index (Phi) is 4.75. The van der Waals surface area contributed by atoms with Gasteiger partial charge in [-0.1, -0.05) is 0 Å². The van der Waals surface area contributed by atoms with Crippen LogP contribution in [0.4, 0.5) is 10.1 Å². The van der Waals surface area contributed by atoms with E-state index >= 15 is 0 Å². The van der Waals surface area contributed by atoms with Crippen LogP contribution in [-0.2, 0) is 17.8 Å². The summed E-state index contributed by atoms with van der Waals surface area (Å²) in [6, 6.07) is 3.79. The highest BCUT2D eigenvalue weighted by Gasteiger charge is 2.13. The predicted octanol–water partition coefficient (Wildman–Crippen LogP) is 3.26. The van der Waals surface area contributed by atoms with E-state index in [0.29, 0.717) is 12.2 Å². The van der Waals surface area contributed by atoms with Crippen molar-refractivity contribution < 1.29 is 14.1 Å². The van der Waals surface area contributed by atoms with Gasteiger partial charge in [0.05, 0.1) is 29.3 Å². The second kappa shape index (κ2) is 6.53. The number of nitro benzene ring substituents is 1. The average Bonchev–Trinajstić information content (AvgIpc) is 2.80. The second-order valence-corrected chi connectivity index (χ2v) is 5.15. The Morgan fingerprint density at radius 3 is 2.90 bits per heavy atom. The molecule has 0 radical (unpaired) electrons. The lowest BCUT2D eigenvalue weighted by Gasteiger charge is -2.04. The number of nitro groups is 1. The first-order chi connectivity index (χ1) is 9.58. The Hall–Kier alpha value is -1.86. The highest BCUT2D eigenvalue weighted by Crippen LogP contribution is 2.18. The molecule has 106 valence electrons. The maximum atomic E-state index is 13.4. The van der Waals surface area contributed by atoms with Crippen molar-refractivity contribution in [3.05, 3.63) is 55.8 Å². The molecule has 0 bridgehead atoms. The Morgan fingerprint density at radius 1 is 1.50 bits per heavy atom. The Morgan fingerprint density at radius 2 is 2.30 bits per heavy atom. The molecule has 7 heteroatoms. The monoisotopic (exact) mass is 296 g/mol. The zero-order valence-corrected chi connectivity index (χ0v) is 11.7. The lowest BCUT2D eigenvalue weighted by atomic mass is 10.2. The van der Waals surface area contributed by atoms with E-state index in [0.717, 1.165) is 24.2 Å². The average molecular weight is 296 g/mol. The minimum absolute atomic E-state index is 0.229. The largest absolute Gasteiger partial charge is 0.376 e. The number of benzene rings is 1. The quantitative estimate of drug-likeness (QED) is 0.466. The molecule has 0 aliphatic rings. The number of aryl methyl sites for hydroxylation is 1. The number of nitrogens with zero attached hydrogens (tertiary/aromatic N) is 2. The van der Waals surface area contributed by atoms with Gasteiger partial charge >= 0.3 is 5.69 Å². The molecule has 1 aromatic heterocycles. The second-order valence-electron chi connectivity index (χ2n) is 4.21. The number of ether oxygens (including phenoxy) is 1. The maximum absolute atomic E-state index is 13.4. The van der Waals surface area contributed by atoms with Gasteiger partial charge in [-0.3, -0.25) is 10.1 Å². The predicted molar refractivity (Wildman–Crippen MR) is 73.3 cm³/mol. The summed E-state index contributed by atoms with van der Waals surface area (Å²) in [5, 5.41) is 10.5. The standard InChI is InChI=1S/C13H13FN2O3S/c1-9-13(20-8-15-9)4-5-19-7-10-2-3-12(16(17)18)11(14)6-10/h2-3,6,8H,4-5,7H2,1H3. The van der Waals surface area contributed by atoms with Crippen LogP contribution >= 0.6 is 11.3 Å². The summed E-state index contributed by atoms with van der Waals surface area (Å²) in [6.07, 6.45) is 0.756. The van der Waals surface area contributed by atoms with Gasteiger partial charge in [0, 0.05) is 17.4 Å². The Balaban J connectivity index is 1.84. The molecule has 0 N–H and O–H groups in total. The first kappa shape index (κ1) is 14.5. The maximum Gasteiger partial charge on any atom is 0.304 e. The molecule has 0 saturated heterocycles. The van der Waals surface area contributed by atoms with Crippen molar-refractivity contribution in [1.82, 2.24) is 4.98 Å². The molecule has 20 heavy (non-hydrogen) atoms. The number of hydrogen-bond donors (Lipinski definition) is 0. The first-order valence-corrected chi connectivity index (χ1v) is 6.85. The molecule has 0 saturated carbocycles. The highest BCUT2D eigenvalue weighted by molar-refractivity contribution is 7.09. The van der Waals surface area contributed by atoms with Crippen LogP contribution in [0, 0.1) is 22.9 Å². The van der Waals surface area contributed by atoms with Gasteiger partial charge < -0.3 is 4.74 Å². The van der Waals surface area contributed by atoms with Gasteiger partial charge in [-0.15, -0.1) is 11.3 Å². The van der Waals surface area contributed by atoms with Crippen LogP contribution in [0.2, 0.25) is 0 Å². The number of thiazole rings is 1. The van der Waals surface area contributed by atoms with Crippen molar-refractivity contribution in [1.29, 1.82) is 0 Å². The van der Waals surface area contributed by atoms with E-state index in [-0.39, 0.29) is 6.61 Å². The molecule has 0 aliphatic carbocycles. The molecular weight excluding hydrogens is 283 g/mol. The minimum atomic E-state index is -0.839. The van der Waals surface area contributed by atoms with Crippen molar-refractivity contribution >= 4 is 17.0 Å². The van der Waals surface area contributed by atoms with Gasteiger partial charge in [0.25, 0.3) is 0 Å². The number of halogens is 1. The van der Waals surface area contributed by atoms with Gasteiger partial charge in [0.1, 0.15) is 0 Å². The van der Waals surface area contributed by atoms with Crippen LogP contribution in [0.5, 0.6) is 0 Å². The van der Waals surface area contributed by atoms with E-state index in [4.69, 9.17) is 4.74 Å². The molecule has 5 nitrogen and oxygen atoms in total. The fraction of sp³-hybridized carbons (Fsp3) is 0.308. The lowest BCUT2D eigenvalue weighted by Crippen LogP contribution is -2.00. The van der Waals surface area contributed by atoms with Gasteiger partial charge in [0.2, 0.25) is 5.82 Å². The smallest absolute Gasteiger partial charge is 0.304 e. The summed E-state index contributed by atoms with van der Waals surface area (Å²) >= 11 is 1.58. The normalized spacial score (nSPS) is 10.7. The van der Waals surface area contributed by atoms with E-state index in [1.807, 2.05) is 6.92 Å². The molecule has 2 aromatic rings. The molecule has 0 atom stereocenters. The molecule has 1 aromatic carbocycles. The molecule has 2 rings (SSSR count). The first-order valence-electron chi connectivity index (χ1n) is 5.97. The van der Waals surface area contributed by atoms with Crippen LogP contribution in [0.15, 0.2) is 23.7 Å². The molecular formula is C13H13FN2O3S. The van der Waals surface area contributed by atoms with Crippen LogP contribution in [0.3, 0.4) is 0 Å². The Bertz CT molecular complexity index is 615. The summed E-state index contributed by atoms with van der Waals surface area (Å²) in [6.45, 7) is 2.67. The number of aromatic nitrogens is 1. The van der Waals surface area contributed by atoms with Gasteiger partial charge in [0.15, 0.2) is 0 Å². The zero-order chi connectivity index (χ0) is 14.5. The fourth-order valence-corrected chi connectivity index (χ4v) is 2.47. The summed E-state index contributed by atoms with van der Waals surface area (Å²) in [7, 11) is 0. The third-order valence-electron chi connectivity index (χ3n) is 2.80. The molecule has 1 heterocycles. The third-order valence-corrected chi connectivity index (χ3v) is 3.79. The number of hydrogen-bond acceptors (Lipinski definition) is 5. The van der Waals surface area contributed by atoms with Crippen molar-refractivity contribution in [2.45, 2.75) is 20.0 Å². The molecule has 0 amide bonds. The van der Waals surface area contributed by atoms with Crippen molar-refractivity contribution in [2.75, 3.05) is 6.61 Å². The van der Waals surface area contributed by atoms with Crippen LogP contribution in [0.25, 0.3) is 0 Å². The number of rotatable bonds is 6. The minimum Gasteiger partial charge on any atom is -0.376 e. The fourth-order valence-electron chi connectivity index (χ4n) is 1.71. The van der Waals surface area contributed by atoms with Crippen molar-refractivity contribution in [3.63, 3.8) is 0 Å². The summed E-state index contributed by atoms with van der Waals surface area (Å²) in [5.41, 5.74) is 2.85. The summed E-state index contributed by atoms with van der Waals surface area (Å²) in [4.78, 5) is 15.1. The summed E-state index contributed by atoms with van der Waals surface area (Å²) < 4.78 is 18.8. The summed E-state index contributed by atoms with van der Waals surface area (Å²) in [5.74, 6) is -0.839. The molecule has 0 unspecified atom stereocenters. The van der Waals surface area contributed by atoms with Crippen molar-refractivity contribution in [2.24, 2.45) is 0 Å². The van der Waals surface area contributed by atoms with Crippen LogP contribution < -0.4 is 0 Å². The van der Waals surface area contributed by atoms with E-state index in [1.165, 1.54) is 10.9 Å².